The molecule has 3 rings (SSSR count). The molecule has 0 saturated carbocycles. The molecule has 0 atom stereocenters. The average Bonchev–Trinajstić information content (AvgIpc) is 2.62. The zero-order valence-electron chi connectivity index (χ0n) is 14.3. The van der Waals surface area contributed by atoms with Crippen molar-refractivity contribution >= 4 is 32.7 Å². The van der Waals surface area contributed by atoms with Crippen molar-refractivity contribution in [3.05, 3.63) is 54.1 Å². The van der Waals surface area contributed by atoms with E-state index in [9.17, 15) is 8.42 Å². The molecule has 2 aromatic carbocycles. The first kappa shape index (κ1) is 18.1. The van der Waals surface area contributed by atoms with E-state index >= 15 is 0 Å². The third kappa shape index (κ3) is 4.09. The van der Waals surface area contributed by atoms with Crippen molar-refractivity contribution in [2.24, 2.45) is 0 Å². The molecule has 0 aliphatic carbocycles. The van der Waals surface area contributed by atoms with Crippen molar-refractivity contribution in [3.63, 3.8) is 0 Å². The van der Waals surface area contributed by atoms with E-state index in [0.29, 0.717) is 29.8 Å². The van der Waals surface area contributed by atoms with Crippen LogP contribution in [0.5, 0.6) is 0 Å². The van der Waals surface area contributed by atoms with E-state index in [-0.39, 0.29) is 17.3 Å². The molecule has 3 aromatic rings. The summed E-state index contributed by atoms with van der Waals surface area (Å²) in [6.07, 6.45) is 0.513. The highest BCUT2D eigenvalue weighted by molar-refractivity contribution is 7.92. The van der Waals surface area contributed by atoms with Gasteiger partial charge in [-0.2, -0.15) is 0 Å². The fraction of sp³-hybridized carbons (Fsp3) is 0.222. The topological polar surface area (TPSA) is 104 Å². The minimum Gasteiger partial charge on any atom is -0.396 e. The Morgan fingerprint density at radius 1 is 0.962 bits per heavy atom. The first-order valence-electron chi connectivity index (χ1n) is 8.20. The maximum Gasteiger partial charge on any atom is 0.263 e. The van der Waals surface area contributed by atoms with E-state index in [2.05, 4.69) is 20.0 Å². The average molecular weight is 372 g/mol. The molecule has 0 amide bonds. The number of nitrogens with zero attached hydrogens (tertiary/aromatic N) is 2. The predicted molar refractivity (Wildman–Crippen MR) is 102 cm³/mol. The van der Waals surface area contributed by atoms with Crippen LogP contribution in [0, 0.1) is 6.92 Å². The molecule has 8 heteroatoms. The second-order valence-electron chi connectivity index (χ2n) is 5.83. The first-order chi connectivity index (χ1) is 12.5. The Bertz CT molecular complexity index is 1000. The Balaban J connectivity index is 1.98. The molecular weight excluding hydrogens is 352 g/mol. The molecule has 136 valence electrons. The van der Waals surface area contributed by atoms with Crippen LogP contribution in [0.4, 0.5) is 11.6 Å². The molecule has 1 heterocycles. The van der Waals surface area contributed by atoms with Crippen LogP contribution < -0.4 is 10.0 Å². The number of aryl methyl sites for hydroxylation is 1. The number of hydrogen-bond acceptors (Lipinski definition) is 6. The van der Waals surface area contributed by atoms with E-state index in [1.54, 1.807) is 36.4 Å². The number of hydrogen-bond donors (Lipinski definition) is 3. The number of benzene rings is 2. The molecule has 26 heavy (non-hydrogen) atoms. The van der Waals surface area contributed by atoms with Crippen LogP contribution in [-0.2, 0) is 10.0 Å². The number of aromatic nitrogens is 2. The van der Waals surface area contributed by atoms with Gasteiger partial charge in [-0.15, -0.1) is 0 Å². The van der Waals surface area contributed by atoms with E-state index in [1.165, 1.54) is 0 Å². The summed E-state index contributed by atoms with van der Waals surface area (Å²) in [6, 6.07) is 13.8. The molecular formula is C18H20N4O3S. The fourth-order valence-corrected chi connectivity index (χ4v) is 3.39. The Kier molecular flexibility index (Phi) is 5.34. The number of nitrogens with one attached hydrogen (secondary N) is 2. The molecule has 0 radical (unpaired) electrons. The van der Waals surface area contributed by atoms with Crippen LogP contribution in [0.25, 0.3) is 11.0 Å². The Labute approximate surface area is 152 Å². The van der Waals surface area contributed by atoms with Crippen molar-refractivity contribution < 1.29 is 13.5 Å². The van der Waals surface area contributed by atoms with Gasteiger partial charge in [0, 0.05) is 13.2 Å². The SMILES string of the molecule is Cc1ccc(S(=O)(=O)Nc2nc3ccccc3nc2NCCCO)cc1. The molecule has 0 aliphatic heterocycles. The minimum atomic E-state index is -3.79. The van der Waals surface area contributed by atoms with Crippen molar-refractivity contribution in [1.29, 1.82) is 0 Å². The highest BCUT2D eigenvalue weighted by Crippen LogP contribution is 2.24. The summed E-state index contributed by atoms with van der Waals surface area (Å²) < 4.78 is 27.9. The van der Waals surface area contributed by atoms with Gasteiger partial charge >= 0.3 is 0 Å². The lowest BCUT2D eigenvalue weighted by molar-refractivity contribution is 0.292. The van der Waals surface area contributed by atoms with Gasteiger partial charge in [0.2, 0.25) is 0 Å². The van der Waals surface area contributed by atoms with Gasteiger partial charge < -0.3 is 10.4 Å². The Morgan fingerprint density at radius 3 is 2.19 bits per heavy atom. The minimum absolute atomic E-state index is 0.0262. The predicted octanol–water partition coefficient (Wildman–Crippen LogP) is 2.53. The highest BCUT2D eigenvalue weighted by atomic mass is 32.2. The number of fused-ring (bicyclic) bond motifs is 1. The molecule has 0 unspecified atom stereocenters. The van der Waals surface area contributed by atoms with Gasteiger partial charge in [-0.1, -0.05) is 29.8 Å². The summed E-state index contributed by atoms with van der Waals surface area (Å²) in [5, 5.41) is 12.0. The maximum absolute atomic E-state index is 12.7. The van der Waals surface area contributed by atoms with E-state index in [1.807, 2.05) is 19.1 Å². The highest BCUT2D eigenvalue weighted by Gasteiger charge is 2.18. The van der Waals surface area contributed by atoms with Crippen LogP contribution in [0.3, 0.4) is 0 Å². The van der Waals surface area contributed by atoms with Crippen molar-refractivity contribution in [3.8, 4) is 0 Å². The summed E-state index contributed by atoms with van der Waals surface area (Å²) in [7, 11) is -3.79. The number of rotatable bonds is 7. The number of anilines is 2. The largest absolute Gasteiger partial charge is 0.396 e. The summed E-state index contributed by atoms with van der Waals surface area (Å²) in [4.78, 5) is 9.01. The van der Waals surface area contributed by atoms with Crippen molar-refractivity contribution in [2.75, 3.05) is 23.2 Å². The second kappa shape index (κ2) is 7.67. The van der Waals surface area contributed by atoms with E-state index in [0.717, 1.165) is 5.56 Å². The van der Waals surface area contributed by atoms with Crippen molar-refractivity contribution in [2.45, 2.75) is 18.2 Å². The molecule has 0 aliphatic rings. The first-order valence-corrected chi connectivity index (χ1v) is 9.69. The van der Waals surface area contributed by atoms with Crippen LogP contribution in [0.15, 0.2) is 53.4 Å². The fourth-order valence-electron chi connectivity index (χ4n) is 2.38. The molecule has 0 fully saturated rings. The van der Waals surface area contributed by atoms with Crippen LogP contribution in [-0.4, -0.2) is 36.6 Å². The smallest absolute Gasteiger partial charge is 0.263 e. The monoisotopic (exact) mass is 372 g/mol. The zero-order valence-corrected chi connectivity index (χ0v) is 15.1. The van der Waals surface area contributed by atoms with Gasteiger partial charge in [0.25, 0.3) is 10.0 Å². The third-order valence-corrected chi connectivity index (χ3v) is 5.12. The number of sulfonamides is 1. The van der Waals surface area contributed by atoms with Crippen molar-refractivity contribution in [1.82, 2.24) is 9.97 Å². The van der Waals surface area contributed by atoms with Gasteiger partial charge in [0.05, 0.1) is 15.9 Å². The van der Waals surface area contributed by atoms with Gasteiger partial charge in [-0.05, 0) is 37.6 Å². The van der Waals surface area contributed by atoms with E-state index < -0.39 is 10.0 Å². The molecule has 7 nitrogen and oxygen atoms in total. The molecule has 0 bridgehead atoms. The van der Waals surface area contributed by atoms with Crippen LogP contribution >= 0.6 is 0 Å². The summed E-state index contributed by atoms with van der Waals surface area (Å²) >= 11 is 0. The van der Waals surface area contributed by atoms with Crippen LogP contribution in [0.2, 0.25) is 0 Å². The van der Waals surface area contributed by atoms with Gasteiger partial charge in [-0.3, -0.25) is 4.72 Å². The summed E-state index contributed by atoms with van der Waals surface area (Å²) in [5.74, 6) is 0.454. The van der Waals surface area contributed by atoms with Gasteiger partial charge in [0.15, 0.2) is 11.6 Å². The number of para-hydroxylation sites is 2. The molecule has 3 N–H and O–H groups in total. The molecule has 0 saturated heterocycles. The zero-order chi connectivity index (χ0) is 18.6. The Morgan fingerprint density at radius 2 is 1.58 bits per heavy atom. The molecule has 1 aromatic heterocycles. The lowest BCUT2D eigenvalue weighted by Gasteiger charge is -2.13. The second-order valence-corrected chi connectivity index (χ2v) is 7.51. The number of aliphatic hydroxyl groups is 1. The quantitative estimate of drug-likeness (QED) is 0.551. The van der Waals surface area contributed by atoms with Gasteiger partial charge in [-0.25, -0.2) is 18.4 Å². The lowest BCUT2D eigenvalue weighted by atomic mass is 10.2. The standard InChI is InChI=1S/C18H20N4O3S/c1-13-7-9-14(10-8-13)26(24,25)22-18-17(19-11-4-12-23)20-15-5-2-3-6-16(15)21-18/h2-3,5-10,23H,4,11-12H2,1H3,(H,19,20)(H,21,22). The summed E-state index contributed by atoms with van der Waals surface area (Å²) in [5.41, 5.74) is 2.21. The van der Waals surface area contributed by atoms with E-state index in [4.69, 9.17) is 5.11 Å². The van der Waals surface area contributed by atoms with Gasteiger partial charge in [0.1, 0.15) is 0 Å². The molecule has 0 spiro atoms. The maximum atomic E-state index is 12.7. The van der Waals surface area contributed by atoms with Crippen LogP contribution in [0.1, 0.15) is 12.0 Å². The normalized spacial score (nSPS) is 11.5. The lowest BCUT2D eigenvalue weighted by Crippen LogP contribution is -2.17. The number of aliphatic hydroxyl groups excluding tert-OH is 1. The third-order valence-electron chi connectivity index (χ3n) is 3.76. The Hall–Kier alpha value is -2.71. The summed E-state index contributed by atoms with van der Waals surface area (Å²) in [6.45, 7) is 2.36.